The first-order valence-corrected chi connectivity index (χ1v) is 5.15. The predicted molar refractivity (Wildman–Crippen MR) is 58.0 cm³/mol. The van der Waals surface area contributed by atoms with Crippen LogP contribution in [0.25, 0.3) is 0 Å². The lowest BCUT2D eigenvalue weighted by Gasteiger charge is -2.36. The van der Waals surface area contributed by atoms with Gasteiger partial charge < -0.3 is 10.6 Å². The molecule has 3 nitrogen and oxygen atoms in total. The quantitative estimate of drug-likeness (QED) is 0.724. The van der Waals surface area contributed by atoms with Gasteiger partial charge in [-0.2, -0.15) is 0 Å². The van der Waals surface area contributed by atoms with Gasteiger partial charge in [-0.25, -0.2) is 0 Å². The second-order valence-corrected chi connectivity index (χ2v) is 4.08. The van der Waals surface area contributed by atoms with Crippen molar-refractivity contribution in [2.45, 2.75) is 31.3 Å². The Kier molecular flexibility index (Phi) is 2.42. The van der Waals surface area contributed by atoms with E-state index in [1.54, 1.807) is 6.20 Å². The predicted octanol–water partition coefficient (Wildman–Crippen LogP) is 1.75. The summed E-state index contributed by atoms with van der Waals surface area (Å²) in [6.45, 7) is 0. The molecule has 0 amide bonds. The molecule has 1 aromatic rings. The summed E-state index contributed by atoms with van der Waals surface area (Å²) in [6, 6.07) is 4.00. The summed E-state index contributed by atoms with van der Waals surface area (Å²) >= 11 is 0. The maximum absolute atomic E-state index is 6.33. The smallest absolute Gasteiger partial charge is 0.0880 e. The number of aromatic nitrogens is 1. The first-order chi connectivity index (χ1) is 6.72. The maximum atomic E-state index is 6.33. The molecular weight excluding hydrogens is 174 g/mol. The van der Waals surface area contributed by atoms with Gasteiger partial charge in [-0.3, -0.25) is 4.98 Å². The van der Waals surface area contributed by atoms with Crippen LogP contribution in [0.5, 0.6) is 0 Å². The lowest BCUT2D eigenvalue weighted by atomic mass is 10.1. The van der Waals surface area contributed by atoms with Gasteiger partial charge in [-0.1, -0.05) is 0 Å². The van der Waals surface area contributed by atoms with Gasteiger partial charge in [0, 0.05) is 13.2 Å². The van der Waals surface area contributed by atoms with Crippen molar-refractivity contribution >= 4 is 5.69 Å². The molecule has 1 saturated carbocycles. The van der Waals surface area contributed by atoms with E-state index in [4.69, 9.17) is 5.73 Å². The molecule has 0 aliphatic heterocycles. The van der Waals surface area contributed by atoms with Crippen LogP contribution in [0.2, 0.25) is 0 Å². The molecule has 1 fully saturated rings. The normalized spacial score (nSPS) is 19.6. The zero-order valence-electron chi connectivity index (χ0n) is 8.61. The van der Waals surface area contributed by atoms with Crippen molar-refractivity contribution in [1.29, 1.82) is 0 Å². The molecule has 1 aromatic heterocycles. The number of nitrogens with two attached hydrogens (primary N) is 1. The van der Waals surface area contributed by atoms with Crippen molar-refractivity contribution in [3.8, 4) is 0 Å². The standard InChI is InChI=1S/C11H17N3/c1-14(10-5-4-8-13-9-10)11(12)6-2-3-7-11/h4-5,8-9H,2-3,6-7,12H2,1H3. The number of anilines is 1. The molecule has 2 N–H and O–H groups in total. The Morgan fingerprint density at radius 1 is 1.43 bits per heavy atom. The molecule has 0 spiro atoms. The maximum Gasteiger partial charge on any atom is 0.0880 e. The van der Waals surface area contributed by atoms with Crippen molar-refractivity contribution in [2.24, 2.45) is 5.73 Å². The first kappa shape index (κ1) is 9.46. The third-order valence-electron chi connectivity index (χ3n) is 3.17. The van der Waals surface area contributed by atoms with E-state index in [-0.39, 0.29) is 5.66 Å². The molecule has 76 valence electrons. The summed E-state index contributed by atoms with van der Waals surface area (Å²) in [4.78, 5) is 6.27. The number of hydrogen-bond acceptors (Lipinski definition) is 3. The molecular formula is C11H17N3. The van der Waals surface area contributed by atoms with Crippen LogP contribution in [0.15, 0.2) is 24.5 Å². The largest absolute Gasteiger partial charge is 0.355 e. The number of hydrogen-bond donors (Lipinski definition) is 1. The molecule has 2 rings (SSSR count). The summed E-state index contributed by atoms with van der Waals surface area (Å²) in [5, 5.41) is 0. The van der Waals surface area contributed by atoms with Crippen LogP contribution >= 0.6 is 0 Å². The van der Waals surface area contributed by atoms with Gasteiger partial charge in [0.2, 0.25) is 0 Å². The summed E-state index contributed by atoms with van der Waals surface area (Å²) < 4.78 is 0. The Balaban J connectivity index is 2.19. The van der Waals surface area contributed by atoms with Crippen LogP contribution in [0.3, 0.4) is 0 Å². The molecule has 14 heavy (non-hydrogen) atoms. The van der Waals surface area contributed by atoms with Crippen molar-refractivity contribution in [3.05, 3.63) is 24.5 Å². The van der Waals surface area contributed by atoms with Crippen LogP contribution in [0.1, 0.15) is 25.7 Å². The molecule has 1 aliphatic rings. The van der Waals surface area contributed by atoms with E-state index in [1.165, 1.54) is 12.8 Å². The lowest BCUT2D eigenvalue weighted by molar-refractivity contribution is 0.431. The molecule has 0 atom stereocenters. The van der Waals surface area contributed by atoms with E-state index >= 15 is 0 Å². The molecule has 0 bridgehead atoms. The van der Waals surface area contributed by atoms with Crippen LogP contribution in [0, 0.1) is 0 Å². The van der Waals surface area contributed by atoms with Crippen molar-refractivity contribution < 1.29 is 0 Å². The molecule has 0 saturated heterocycles. The van der Waals surface area contributed by atoms with Crippen LogP contribution < -0.4 is 10.6 Å². The Hall–Kier alpha value is -1.09. The summed E-state index contributed by atoms with van der Waals surface area (Å²) in [6.07, 6.45) is 8.29. The molecule has 1 heterocycles. The minimum absolute atomic E-state index is 0.150. The Labute approximate surface area is 84.9 Å². The number of rotatable bonds is 2. The highest BCUT2D eigenvalue weighted by Crippen LogP contribution is 2.32. The Bertz CT molecular complexity index is 291. The lowest BCUT2D eigenvalue weighted by Crippen LogP contribution is -2.52. The van der Waals surface area contributed by atoms with E-state index in [1.807, 2.05) is 12.3 Å². The second kappa shape index (κ2) is 3.58. The van der Waals surface area contributed by atoms with Crippen LogP contribution in [-0.4, -0.2) is 17.7 Å². The summed E-state index contributed by atoms with van der Waals surface area (Å²) in [7, 11) is 2.06. The topological polar surface area (TPSA) is 42.2 Å². The van der Waals surface area contributed by atoms with Gasteiger partial charge in [0.15, 0.2) is 0 Å². The molecule has 1 aliphatic carbocycles. The zero-order chi connectivity index (χ0) is 10.0. The molecule has 0 unspecified atom stereocenters. The SMILES string of the molecule is CN(c1cccnc1)C1(N)CCCC1. The fourth-order valence-corrected chi connectivity index (χ4v) is 2.13. The summed E-state index contributed by atoms with van der Waals surface area (Å²) in [5.41, 5.74) is 7.29. The number of pyridine rings is 1. The van der Waals surface area contributed by atoms with Gasteiger partial charge in [-0.05, 0) is 37.8 Å². The fraction of sp³-hybridized carbons (Fsp3) is 0.545. The van der Waals surface area contributed by atoms with E-state index < -0.39 is 0 Å². The van der Waals surface area contributed by atoms with E-state index in [2.05, 4.69) is 23.0 Å². The van der Waals surface area contributed by atoms with Crippen molar-refractivity contribution in [2.75, 3.05) is 11.9 Å². The molecule has 3 heteroatoms. The van der Waals surface area contributed by atoms with Gasteiger partial charge in [0.1, 0.15) is 0 Å². The third kappa shape index (κ3) is 1.60. The highest BCUT2D eigenvalue weighted by Gasteiger charge is 2.33. The highest BCUT2D eigenvalue weighted by atomic mass is 15.3. The monoisotopic (exact) mass is 191 g/mol. The minimum atomic E-state index is -0.150. The van der Waals surface area contributed by atoms with E-state index in [0.717, 1.165) is 18.5 Å². The molecule has 0 aromatic carbocycles. The Morgan fingerprint density at radius 2 is 2.14 bits per heavy atom. The van der Waals surface area contributed by atoms with Crippen molar-refractivity contribution in [1.82, 2.24) is 4.98 Å². The average Bonchev–Trinajstić information content (AvgIpc) is 2.67. The van der Waals surface area contributed by atoms with Gasteiger partial charge in [0.25, 0.3) is 0 Å². The first-order valence-electron chi connectivity index (χ1n) is 5.15. The third-order valence-corrected chi connectivity index (χ3v) is 3.17. The van der Waals surface area contributed by atoms with Gasteiger partial charge >= 0.3 is 0 Å². The fourth-order valence-electron chi connectivity index (χ4n) is 2.13. The zero-order valence-corrected chi connectivity index (χ0v) is 8.61. The van der Waals surface area contributed by atoms with Crippen molar-refractivity contribution in [3.63, 3.8) is 0 Å². The van der Waals surface area contributed by atoms with Crippen LogP contribution in [0.4, 0.5) is 5.69 Å². The summed E-state index contributed by atoms with van der Waals surface area (Å²) in [5.74, 6) is 0. The number of nitrogens with zero attached hydrogens (tertiary/aromatic N) is 2. The molecule has 0 radical (unpaired) electrons. The minimum Gasteiger partial charge on any atom is -0.355 e. The Morgan fingerprint density at radius 3 is 2.71 bits per heavy atom. The highest BCUT2D eigenvalue weighted by molar-refractivity contribution is 5.45. The van der Waals surface area contributed by atoms with E-state index in [0.29, 0.717) is 0 Å². The average molecular weight is 191 g/mol. The van der Waals surface area contributed by atoms with E-state index in [9.17, 15) is 0 Å². The second-order valence-electron chi connectivity index (χ2n) is 4.08. The van der Waals surface area contributed by atoms with Gasteiger partial charge in [-0.15, -0.1) is 0 Å². The van der Waals surface area contributed by atoms with Gasteiger partial charge in [0.05, 0.1) is 17.5 Å². The van der Waals surface area contributed by atoms with Crippen LogP contribution in [-0.2, 0) is 0 Å².